The largest absolute Gasteiger partial charge is 0.388 e. The third-order valence-corrected chi connectivity index (χ3v) is 5.24. The van der Waals surface area contributed by atoms with Crippen LogP contribution in [0.4, 0.5) is 4.39 Å². The quantitative estimate of drug-likeness (QED) is 0.771. The number of hydrogen-bond donors (Lipinski definition) is 1. The highest BCUT2D eigenvalue weighted by Crippen LogP contribution is 2.36. The molecule has 0 saturated carbocycles. The Morgan fingerprint density at radius 3 is 2.81 bits per heavy atom. The summed E-state index contributed by atoms with van der Waals surface area (Å²) in [6.45, 7) is 0. The van der Waals surface area contributed by atoms with Crippen molar-refractivity contribution in [3.63, 3.8) is 0 Å². The van der Waals surface area contributed by atoms with Gasteiger partial charge < -0.3 is 5.11 Å². The molecule has 0 amide bonds. The molecule has 110 valence electrons. The predicted octanol–water partition coefficient (Wildman–Crippen LogP) is 4.82. The molecule has 2 unspecified atom stereocenters. The van der Waals surface area contributed by atoms with Crippen LogP contribution in [0.5, 0.6) is 0 Å². The van der Waals surface area contributed by atoms with Crippen LogP contribution in [0.25, 0.3) is 0 Å². The molecule has 21 heavy (non-hydrogen) atoms. The molecule has 0 heterocycles. The number of rotatable bonds is 2. The predicted molar refractivity (Wildman–Crippen MR) is 85.6 cm³/mol. The molecule has 1 aliphatic rings. The summed E-state index contributed by atoms with van der Waals surface area (Å²) in [7, 11) is 0. The van der Waals surface area contributed by atoms with Gasteiger partial charge in [0.1, 0.15) is 5.82 Å². The van der Waals surface area contributed by atoms with E-state index in [1.807, 2.05) is 24.3 Å². The van der Waals surface area contributed by atoms with Gasteiger partial charge in [-0.2, -0.15) is 0 Å². The molecule has 1 aliphatic carbocycles. The number of halogens is 2. The lowest BCUT2D eigenvalue weighted by atomic mass is 9.88. The van der Waals surface area contributed by atoms with Gasteiger partial charge >= 0.3 is 0 Å². The number of hydrogen-bond acceptors (Lipinski definition) is 1. The zero-order valence-corrected chi connectivity index (χ0v) is 13.3. The van der Waals surface area contributed by atoms with Gasteiger partial charge in [-0.1, -0.05) is 36.4 Å². The second-order valence-electron chi connectivity index (χ2n) is 5.71. The molecule has 0 saturated heterocycles. The number of fused-ring (bicyclic) bond motifs is 1. The Kier molecular flexibility index (Phi) is 4.41. The van der Waals surface area contributed by atoms with E-state index in [0.29, 0.717) is 10.9 Å². The topological polar surface area (TPSA) is 20.2 Å². The van der Waals surface area contributed by atoms with Gasteiger partial charge in [0.2, 0.25) is 0 Å². The highest BCUT2D eigenvalue weighted by atomic mass is 79.9. The minimum Gasteiger partial charge on any atom is -0.388 e. The minimum atomic E-state index is -0.473. The lowest BCUT2D eigenvalue weighted by Crippen LogP contribution is -2.15. The molecule has 1 N–H and O–H groups in total. The first-order valence-corrected chi connectivity index (χ1v) is 8.15. The van der Waals surface area contributed by atoms with Crippen molar-refractivity contribution >= 4 is 15.9 Å². The Morgan fingerprint density at radius 2 is 1.95 bits per heavy atom. The molecular weight excluding hydrogens is 331 g/mol. The van der Waals surface area contributed by atoms with Gasteiger partial charge in [-0.3, -0.25) is 0 Å². The molecule has 0 radical (unpaired) electrons. The summed E-state index contributed by atoms with van der Waals surface area (Å²) < 4.78 is 14.2. The van der Waals surface area contributed by atoms with Crippen molar-refractivity contribution in [2.24, 2.45) is 5.92 Å². The fourth-order valence-corrected chi connectivity index (χ4v) is 3.65. The maximum atomic E-state index is 13.6. The zero-order chi connectivity index (χ0) is 14.8. The number of aryl methyl sites for hydroxylation is 1. The van der Waals surface area contributed by atoms with E-state index in [9.17, 15) is 9.50 Å². The molecule has 3 rings (SSSR count). The van der Waals surface area contributed by atoms with Gasteiger partial charge in [0, 0.05) is 0 Å². The number of aliphatic hydroxyl groups excluding tert-OH is 1. The zero-order valence-electron chi connectivity index (χ0n) is 11.7. The second kappa shape index (κ2) is 6.29. The van der Waals surface area contributed by atoms with Crippen molar-refractivity contribution in [1.29, 1.82) is 0 Å². The summed E-state index contributed by atoms with van der Waals surface area (Å²) in [5.74, 6) is -0.109. The summed E-state index contributed by atoms with van der Waals surface area (Å²) >= 11 is 3.32. The van der Waals surface area contributed by atoms with Crippen LogP contribution in [0.2, 0.25) is 0 Å². The molecule has 3 heteroatoms. The Hall–Kier alpha value is -1.19. The van der Waals surface area contributed by atoms with Crippen LogP contribution >= 0.6 is 15.9 Å². The third kappa shape index (κ3) is 3.04. The third-order valence-electron chi connectivity index (χ3n) is 4.35. The first-order chi connectivity index (χ1) is 10.2. The maximum absolute atomic E-state index is 13.6. The first kappa shape index (κ1) is 14.7. The van der Waals surface area contributed by atoms with E-state index in [0.717, 1.165) is 30.4 Å². The van der Waals surface area contributed by atoms with Crippen LogP contribution < -0.4 is 0 Å². The van der Waals surface area contributed by atoms with E-state index in [-0.39, 0.29) is 11.7 Å². The molecule has 0 bridgehead atoms. The van der Waals surface area contributed by atoms with Crippen molar-refractivity contribution in [3.05, 3.63) is 69.4 Å². The van der Waals surface area contributed by atoms with Gasteiger partial charge in [-0.05, 0) is 70.3 Å². The number of aliphatic hydroxyl groups is 1. The minimum absolute atomic E-state index is 0.131. The summed E-state index contributed by atoms with van der Waals surface area (Å²) in [5.41, 5.74) is 3.21. The standard InChI is InChI=1S/C18H18BrFO/c19-17-13(7-4-10-16(17)20)11-14-8-3-6-12-5-1-2-9-15(12)18(14)21/h1-2,4-5,7,9-10,14,18,21H,3,6,8,11H2. The summed E-state index contributed by atoms with van der Waals surface area (Å²) in [5, 5.41) is 10.7. The smallest absolute Gasteiger partial charge is 0.137 e. The Balaban J connectivity index is 1.88. The van der Waals surface area contributed by atoms with Crippen molar-refractivity contribution in [2.45, 2.75) is 31.8 Å². The van der Waals surface area contributed by atoms with Crippen molar-refractivity contribution in [1.82, 2.24) is 0 Å². The second-order valence-corrected chi connectivity index (χ2v) is 6.51. The molecule has 0 aliphatic heterocycles. The van der Waals surface area contributed by atoms with Crippen LogP contribution in [-0.2, 0) is 12.8 Å². The monoisotopic (exact) mass is 348 g/mol. The van der Waals surface area contributed by atoms with Crippen LogP contribution in [-0.4, -0.2) is 5.11 Å². The van der Waals surface area contributed by atoms with Crippen molar-refractivity contribution in [3.8, 4) is 0 Å². The Morgan fingerprint density at radius 1 is 1.14 bits per heavy atom. The molecule has 1 nitrogen and oxygen atoms in total. The van der Waals surface area contributed by atoms with Gasteiger partial charge in [0.05, 0.1) is 10.6 Å². The summed E-state index contributed by atoms with van der Waals surface area (Å²) in [6, 6.07) is 13.2. The van der Waals surface area contributed by atoms with E-state index in [1.54, 1.807) is 6.07 Å². The SMILES string of the molecule is OC1c2ccccc2CCCC1Cc1cccc(F)c1Br. The molecule has 0 fully saturated rings. The highest BCUT2D eigenvalue weighted by Gasteiger charge is 2.26. The van der Waals surface area contributed by atoms with Gasteiger partial charge in [0.25, 0.3) is 0 Å². The molecule has 2 aromatic carbocycles. The van der Waals surface area contributed by atoms with Crippen LogP contribution in [0.1, 0.15) is 35.6 Å². The first-order valence-electron chi connectivity index (χ1n) is 7.35. The van der Waals surface area contributed by atoms with Crippen molar-refractivity contribution < 1.29 is 9.50 Å². The Labute approximate surface area is 132 Å². The van der Waals surface area contributed by atoms with E-state index in [2.05, 4.69) is 22.0 Å². The molecule has 2 aromatic rings. The molecule has 0 spiro atoms. The average molecular weight is 349 g/mol. The lowest BCUT2D eigenvalue weighted by Gasteiger charge is -2.22. The molecule has 0 aromatic heterocycles. The van der Waals surface area contributed by atoms with E-state index < -0.39 is 6.10 Å². The number of benzene rings is 2. The fourth-order valence-electron chi connectivity index (χ4n) is 3.22. The molecular formula is C18H18BrFO. The maximum Gasteiger partial charge on any atom is 0.137 e. The van der Waals surface area contributed by atoms with Gasteiger partial charge in [0.15, 0.2) is 0 Å². The fraction of sp³-hybridized carbons (Fsp3) is 0.333. The van der Waals surface area contributed by atoms with Crippen LogP contribution in [0.15, 0.2) is 46.9 Å². The van der Waals surface area contributed by atoms with Crippen LogP contribution in [0, 0.1) is 11.7 Å². The summed E-state index contributed by atoms with van der Waals surface area (Å²) in [6.07, 6.45) is 3.24. The van der Waals surface area contributed by atoms with Crippen molar-refractivity contribution in [2.75, 3.05) is 0 Å². The normalized spacial score (nSPS) is 21.7. The average Bonchev–Trinajstić information content (AvgIpc) is 2.65. The summed E-state index contributed by atoms with van der Waals surface area (Å²) in [4.78, 5) is 0. The van der Waals surface area contributed by atoms with Gasteiger partial charge in [-0.25, -0.2) is 4.39 Å². The van der Waals surface area contributed by atoms with E-state index in [1.165, 1.54) is 11.6 Å². The molecule has 2 atom stereocenters. The van der Waals surface area contributed by atoms with Crippen LogP contribution in [0.3, 0.4) is 0 Å². The Bertz CT molecular complexity index is 641. The van der Waals surface area contributed by atoms with E-state index in [4.69, 9.17) is 0 Å². The van der Waals surface area contributed by atoms with E-state index >= 15 is 0 Å². The lowest BCUT2D eigenvalue weighted by molar-refractivity contribution is 0.105. The van der Waals surface area contributed by atoms with Gasteiger partial charge in [-0.15, -0.1) is 0 Å². The highest BCUT2D eigenvalue weighted by molar-refractivity contribution is 9.10.